The van der Waals surface area contributed by atoms with Crippen molar-refractivity contribution < 1.29 is 18.7 Å². The van der Waals surface area contributed by atoms with E-state index in [2.05, 4.69) is 5.32 Å². The van der Waals surface area contributed by atoms with Crippen LogP contribution >= 0.6 is 0 Å². The standard InChI is InChI=1S/C16H10FNO3/c17-10-6-7-11-12(8-10)18-15(20)16(11)14(21-16)13(19)9-4-2-1-3-5-9/h1-8,14H,(H,18,20)/t14-,16-/m1/s1. The van der Waals surface area contributed by atoms with Gasteiger partial charge in [0.1, 0.15) is 5.82 Å². The minimum atomic E-state index is -1.30. The van der Waals surface area contributed by atoms with Crippen LogP contribution in [-0.4, -0.2) is 17.8 Å². The van der Waals surface area contributed by atoms with Crippen molar-refractivity contribution in [3.8, 4) is 0 Å². The number of rotatable bonds is 2. The van der Waals surface area contributed by atoms with Gasteiger partial charge in [-0.25, -0.2) is 4.39 Å². The highest BCUT2D eigenvalue weighted by Gasteiger charge is 2.70. The molecule has 0 aliphatic carbocycles. The first kappa shape index (κ1) is 12.2. The Bertz CT molecular complexity index is 774. The fraction of sp³-hybridized carbons (Fsp3) is 0.125. The summed E-state index contributed by atoms with van der Waals surface area (Å²) in [5.41, 5.74) is 0.0740. The van der Waals surface area contributed by atoms with E-state index in [1.54, 1.807) is 30.3 Å². The van der Waals surface area contributed by atoms with Gasteiger partial charge in [-0.2, -0.15) is 0 Å². The number of amides is 1. The van der Waals surface area contributed by atoms with Gasteiger partial charge in [0.15, 0.2) is 11.9 Å². The zero-order valence-corrected chi connectivity index (χ0v) is 10.8. The Kier molecular flexibility index (Phi) is 2.32. The summed E-state index contributed by atoms with van der Waals surface area (Å²) in [4.78, 5) is 24.6. The summed E-state index contributed by atoms with van der Waals surface area (Å²) < 4.78 is 18.7. The monoisotopic (exact) mass is 283 g/mol. The van der Waals surface area contributed by atoms with E-state index in [1.165, 1.54) is 18.2 Å². The summed E-state index contributed by atoms with van der Waals surface area (Å²) >= 11 is 0. The number of carbonyl (C=O) groups excluding carboxylic acids is 2. The van der Waals surface area contributed by atoms with E-state index < -0.39 is 23.4 Å². The largest absolute Gasteiger partial charge is 0.342 e. The number of benzene rings is 2. The van der Waals surface area contributed by atoms with Crippen LogP contribution in [0.4, 0.5) is 10.1 Å². The molecule has 104 valence electrons. The van der Waals surface area contributed by atoms with Crippen LogP contribution in [0, 0.1) is 5.82 Å². The minimum Gasteiger partial charge on any atom is -0.342 e. The molecule has 1 amide bonds. The molecule has 2 aliphatic heterocycles. The molecule has 2 aromatic rings. The average Bonchev–Trinajstić information content (AvgIpc) is 3.17. The molecule has 4 nitrogen and oxygen atoms in total. The van der Waals surface area contributed by atoms with Gasteiger partial charge >= 0.3 is 0 Å². The summed E-state index contributed by atoms with van der Waals surface area (Å²) in [6, 6.07) is 12.6. The number of hydrogen-bond acceptors (Lipinski definition) is 3. The zero-order chi connectivity index (χ0) is 14.6. The molecule has 1 spiro atoms. The first-order valence-corrected chi connectivity index (χ1v) is 6.51. The molecule has 2 aromatic carbocycles. The second-order valence-corrected chi connectivity index (χ2v) is 5.11. The number of epoxide rings is 1. The first-order chi connectivity index (χ1) is 10.1. The summed E-state index contributed by atoms with van der Waals surface area (Å²) in [5.74, 6) is -1.11. The normalized spacial score (nSPS) is 25.6. The van der Waals surface area contributed by atoms with E-state index >= 15 is 0 Å². The van der Waals surface area contributed by atoms with Crippen molar-refractivity contribution in [2.75, 3.05) is 5.32 Å². The quantitative estimate of drug-likeness (QED) is 0.679. The lowest BCUT2D eigenvalue weighted by Crippen LogP contribution is -2.27. The number of carbonyl (C=O) groups is 2. The highest BCUT2D eigenvalue weighted by Crippen LogP contribution is 2.54. The van der Waals surface area contributed by atoms with E-state index in [4.69, 9.17) is 4.74 Å². The third kappa shape index (κ3) is 1.58. The fourth-order valence-corrected chi connectivity index (χ4v) is 2.80. The maximum absolute atomic E-state index is 13.2. The van der Waals surface area contributed by atoms with E-state index in [1.807, 2.05) is 0 Å². The van der Waals surface area contributed by atoms with E-state index in [-0.39, 0.29) is 5.78 Å². The highest BCUT2D eigenvalue weighted by atomic mass is 19.1. The van der Waals surface area contributed by atoms with Crippen LogP contribution in [0.5, 0.6) is 0 Å². The molecule has 0 unspecified atom stereocenters. The van der Waals surface area contributed by atoms with Gasteiger partial charge in [0, 0.05) is 11.1 Å². The molecule has 0 aromatic heterocycles. The second kappa shape index (κ2) is 3.99. The topological polar surface area (TPSA) is 58.7 Å². The second-order valence-electron chi connectivity index (χ2n) is 5.11. The van der Waals surface area contributed by atoms with Gasteiger partial charge in [-0.3, -0.25) is 9.59 Å². The first-order valence-electron chi connectivity index (χ1n) is 6.51. The summed E-state index contributed by atoms with van der Waals surface area (Å²) in [6.07, 6.45) is -0.855. The van der Waals surface area contributed by atoms with Crippen LogP contribution in [0.25, 0.3) is 0 Å². The van der Waals surface area contributed by atoms with E-state index in [9.17, 15) is 14.0 Å². The molecule has 5 heteroatoms. The number of fused-ring (bicyclic) bond motifs is 2. The molecule has 0 saturated carbocycles. The van der Waals surface area contributed by atoms with Gasteiger partial charge in [-0.1, -0.05) is 36.4 Å². The Hall–Kier alpha value is -2.53. The number of Topliss-reactive ketones (excluding diaryl/α,β-unsaturated/α-hetero) is 1. The van der Waals surface area contributed by atoms with Crippen molar-refractivity contribution in [2.45, 2.75) is 11.7 Å². The SMILES string of the molecule is O=C(c1ccccc1)[C@H]1O[C@@]12C(=O)Nc1cc(F)ccc12. The van der Waals surface area contributed by atoms with Crippen LogP contribution in [0.1, 0.15) is 15.9 Å². The highest BCUT2D eigenvalue weighted by molar-refractivity contribution is 6.15. The number of anilines is 1. The maximum atomic E-state index is 13.2. The number of hydrogen-bond donors (Lipinski definition) is 1. The molecule has 1 fully saturated rings. The lowest BCUT2D eigenvalue weighted by molar-refractivity contribution is -0.120. The minimum absolute atomic E-state index is 0.247. The van der Waals surface area contributed by atoms with Gasteiger partial charge in [0.05, 0.1) is 5.69 Å². The maximum Gasteiger partial charge on any atom is 0.264 e. The lowest BCUT2D eigenvalue weighted by atomic mass is 9.92. The molecule has 4 rings (SSSR count). The molecule has 1 N–H and O–H groups in total. The van der Waals surface area contributed by atoms with Crippen molar-refractivity contribution >= 4 is 17.4 Å². The van der Waals surface area contributed by atoms with Crippen LogP contribution < -0.4 is 5.32 Å². The van der Waals surface area contributed by atoms with Gasteiger partial charge < -0.3 is 10.1 Å². The number of ketones is 1. The third-order valence-electron chi connectivity index (χ3n) is 3.88. The van der Waals surface area contributed by atoms with Gasteiger partial charge in [-0.05, 0) is 12.1 Å². The van der Waals surface area contributed by atoms with Gasteiger partial charge in [0.25, 0.3) is 5.91 Å². The Morgan fingerprint density at radius 3 is 2.71 bits per heavy atom. The predicted octanol–water partition coefficient (Wildman–Crippen LogP) is 2.25. The molecule has 2 heterocycles. The zero-order valence-electron chi connectivity index (χ0n) is 10.8. The molecule has 1 saturated heterocycles. The molecule has 0 radical (unpaired) electrons. The number of nitrogens with one attached hydrogen (secondary N) is 1. The van der Waals surface area contributed by atoms with Gasteiger partial charge in [-0.15, -0.1) is 0 Å². The Morgan fingerprint density at radius 2 is 1.95 bits per heavy atom. The lowest BCUT2D eigenvalue weighted by Gasteiger charge is -2.02. The molecule has 2 aliphatic rings. The fourth-order valence-electron chi connectivity index (χ4n) is 2.80. The van der Waals surface area contributed by atoms with Crippen LogP contribution in [0.2, 0.25) is 0 Å². The van der Waals surface area contributed by atoms with Crippen molar-refractivity contribution in [1.29, 1.82) is 0 Å². The van der Waals surface area contributed by atoms with Gasteiger partial charge in [0.2, 0.25) is 5.60 Å². The molecular weight excluding hydrogens is 273 g/mol. The molecule has 0 bridgehead atoms. The Morgan fingerprint density at radius 1 is 1.19 bits per heavy atom. The summed E-state index contributed by atoms with van der Waals surface area (Å²) in [6.45, 7) is 0. The average molecular weight is 283 g/mol. The Balaban J connectivity index is 1.73. The molecular formula is C16H10FNO3. The Labute approximate surface area is 119 Å². The van der Waals surface area contributed by atoms with Crippen LogP contribution in [0.3, 0.4) is 0 Å². The van der Waals surface area contributed by atoms with Crippen LogP contribution in [0.15, 0.2) is 48.5 Å². The third-order valence-corrected chi connectivity index (χ3v) is 3.88. The van der Waals surface area contributed by atoms with E-state index in [0.717, 1.165) is 0 Å². The summed E-state index contributed by atoms with van der Waals surface area (Å²) in [5, 5.41) is 2.57. The smallest absolute Gasteiger partial charge is 0.264 e. The van der Waals surface area contributed by atoms with E-state index in [0.29, 0.717) is 16.8 Å². The van der Waals surface area contributed by atoms with Crippen molar-refractivity contribution in [3.63, 3.8) is 0 Å². The predicted molar refractivity (Wildman–Crippen MR) is 72.4 cm³/mol. The van der Waals surface area contributed by atoms with Crippen molar-refractivity contribution in [3.05, 3.63) is 65.5 Å². The molecule has 2 atom stereocenters. The summed E-state index contributed by atoms with van der Waals surface area (Å²) in [7, 11) is 0. The number of ether oxygens (including phenoxy) is 1. The van der Waals surface area contributed by atoms with Crippen molar-refractivity contribution in [1.82, 2.24) is 0 Å². The van der Waals surface area contributed by atoms with Crippen LogP contribution in [-0.2, 0) is 15.1 Å². The number of halogens is 1. The van der Waals surface area contributed by atoms with Crippen molar-refractivity contribution in [2.24, 2.45) is 0 Å². The molecule has 21 heavy (non-hydrogen) atoms.